The number of carbonyl (C=O) groups is 1. The number of benzene rings is 2. The van der Waals surface area contributed by atoms with Crippen molar-refractivity contribution in [3.63, 3.8) is 0 Å². The third kappa shape index (κ3) is 3.46. The Morgan fingerprint density at radius 2 is 1.76 bits per heavy atom. The lowest BCUT2D eigenvalue weighted by molar-refractivity contribution is 0.0694. The van der Waals surface area contributed by atoms with Crippen LogP contribution in [0.15, 0.2) is 53.5 Å². The van der Waals surface area contributed by atoms with E-state index in [1.165, 1.54) is 11.8 Å². The van der Waals surface area contributed by atoms with Crippen molar-refractivity contribution >= 4 is 16.9 Å². The molecule has 3 aromatic rings. The molecule has 25 heavy (non-hydrogen) atoms. The van der Waals surface area contributed by atoms with Gasteiger partial charge in [-0.15, -0.1) is 0 Å². The maximum Gasteiger partial charge on any atom is 0.341 e. The number of rotatable bonds is 5. The Hall–Kier alpha value is -2.92. The molecule has 0 fully saturated rings. The van der Waals surface area contributed by atoms with E-state index < -0.39 is 11.4 Å². The van der Waals surface area contributed by atoms with Crippen LogP contribution < -0.4 is 5.43 Å². The zero-order valence-corrected chi connectivity index (χ0v) is 13.9. The van der Waals surface area contributed by atoms with Gasteiger partial charge >= 0.3 is 5.97 Å². The third-order valence-electron chi connectivity index (χ3n) is 4.24. The highest BCUT2D eigenvalue weighted by molar-refractivity contribution is 5.92. The number of aliphatic hydroxyl groups is 1. The number of carboxylic acid groups (broad SMARTS) is 1. The number of nitrogens with zero attached hydrogens (tertiary/aromatic N) is 1. The Kier molecular flexibility index (Phi) is 4.67. The first kappa shape index (κ1) is 16.9. The molecule has 2 N–H and O–H groups in total. The van der Waals surface area contributed by atoms with Crippen molar-refractivity contribution in [2.75, 3.05) is 6.61 Å². The number of pyridine rings is 1. The molecule has 5 nitrogen and oxygen atoms in total. The summed E-state index contributed by atoms with van der Waals surface area (Å²) in [5.41, 5.74) is 3.08. The number of aromatic carboxylic acids is 1. The molecule has 0 bridgehead atoms. The molecule has 0 saturated carbocycles. The fraction of sp³-hybridized carbons (Fsp3) is 0.200. The second-order valence-corrected chi connectivity index (χ2v) is 6.11. The maximum absolute atomic E-state index is 12.5. The number of fused-ring (bicyclic) bond motifs is 1. The average molecular weight is 337 g/mol. The van der Waals surface area contributed by atoms with Crippen molar-refractivity contribution in [3.05, 3.63) is 81.1 Å². The van der Waals surface area contributed by atoms with E-state index in [2.05, 4.69) is 0 Å². The number of aryl methyl sites for hydroxylation is 1. The molecule has 128 valence electrons. The van der Waals surface area contributed by atoms with Crippen LogP contribution in [0.2, 0.25) is 0 Å². The van der Waals surface area contributed by atoms with Gasteiger partial charge in [0, 0.05) is 18.1 Å². The summed E-state index contributed by atoms with van der Waals surface area (Å²) in [6.45, 7) is 2.12. The van der Waals surface area contributed by atoms with Gasteiger partial charge in [-0.2, -0.15) is 0 Å². The van der Waals surface area contributed by atoms with E-state index in [0.717, 1.165) is 11.1 Å². The van der Waals surface area contributed by atoms with Gasteiger partial charge in [0.2, 0.25) is 5.43 Å². The Balaban J connectivity index is 2.11. The Morgan fingerprint density at radius 1 is 1.08 bits per heavy atom. The molecule has 0 atom stereocenters. The molecule has 0 spiro atoms. The molecule has 3 rings (SSSR count). The van der Waals surface area contributed by atoms with Crippen LogP contribution in [-0.4, -0.2) is 27.4 Å². The Bertz CT molecular complexity index is 987. The summed E-state index contributed by atoms with van der Waals surface area (Å²) < 4.78 is 1.61. The number of carboxylic acids is 1. The van der Waals surface area contributed by atoms with Crippen molar-refractivity contribution in [2.45, 2.75) is 19.9 Å². The maximum atomic E-state index is 12.5. The number of hydrogen-bond acceptors (Lipinski definition) is 3. The van der Waals surface area contributed by atoms with E-state index in [4.69, 9.17) is 0 Å². The zero-order valence-electron chi connectivity index (χ0n) is 13.9. The second-order valence-electron chi connectivity index (χ2n) is 6.11. The van der Waals surface area contributed by atoms with E-state index in [-0.39, 0.29) is 18.7 Å². The van der Waals surface area contributed by atoms with Crippen molar-refractivity contribution < 1.29 is 15.0 Å². The first-order chi connectivity index (χ1) is 12.0. The highest BCUT2D eigenvalue weighted by atomic mass is 16.4. The fourth-order valence-electron chi connectivity index (χ4n) is 2.94. The van der Waals surface area contributed by atoms with Crippen LogP contribution in [0.4, 0.5) is 0 Å². The molecule has 0 aliphatic carbocycles. The molecule has 0 unspecified atom stereocenters. The monoisotopic (exact) mass is 337 g/mol. The Labute approximate surface area is 144 Å². The molecular formula is C20H19NO4. The van der Waals surface area contributed by atoms with Crippen LogP contribution in [0.1, 0.15) is 27.0 Å². The van der Waals surface area contributed by atoms with E-state index in [1.54, 1.807) is 10.6 Å². The normalized spacial score (nSPS) is 11.0. The SMILES string of the molecule is Cc1ccc(Cc2ccc3c(c2)c(=O)c(C(=O)O)cn3CCO)cc1. The second kappa shape index (κ2) is 6.91. The van der Waals surface area contributed by atoms with Gasteiger partial charge in [0.1, 0.15) is 5.56 Å². The highest BCUT2D eigenvalue weighted by Crippen LogP contribution is 2.18. The molecule has 0 amide bonds. The lowest BCUT2D eigenvalue weighted by Crippen LogP contribution is -2.19. The molecule has 2 aromatic carbocycles. The minimum atomic E-state index is -1.26. The lowest BCUT2D eigenvalue weighted by Gasteiger charge is -2.12. The predicted octanol–water partition coefficient (Wildman–Crippen LogP) is 2.59. The van der Waals surface area contributed by atoms with E-state index in [9.17, 15) is 19.8 Å². The first-order valence-corrected chi connectivity index (χ1v) is 8.05. The largest absolute Gasteiger partial charge is 0.477 e. The third-order valence-corrected chi connectivity index (χ3v) is 4.24. The summed E-state index contributed by atoms with van der Waals surface area (Å²) >= 11 is 0. The van der Waals surface area contributed by atoms with Crippen molar-refractivity contribution in [3.8, 4) is 0 Å². The van der Waals surface area contributed by atoms with Crippen molar-refractivity contribution in [1.29, 1.82) is 0 Å². The van der Waals surface area contributed by atoms with Crippen LogP contribution in [0.25, 0.3) is 10.9 Å². The van der Waals surface area contributed by atoms with E-state index in [0.29, 0.717) is 17.3 Å². The summed E-state index contributed by atoms with van der Waals surface area (Å²) in [5, 5.41) is 18.8. The smallest absolute Gasteiger partial charge is 0.341 e. The van der Waals surface area contributed by atoms with Crippen LogP contribution in [-0.2, 0) is 13.0 Å². The average Bonchev–Trinajstić information content (AvgIpc) is 2.59. The quantitative estimate of drug-likeness (QED) is 0.750. The van der Waals surface area contributed by atoms with Gasteiger partial charge in [0.15, 0.2) is 0 Å². The highest BCUT2D eigenvalue weighted by Gasteiger charge is 2.15. The number of hydrogen-bond donors (Lipinski definition) is 2. The summed E-state index contributed by atoms with van der Waals surface area (Å²) in [7, 11) is 0. The molecule has 1 heterocycles. The number of aromatic nitrogens is 1. The van der Waals surface area contributed by atoms with E-state index >= 15 is 0 Å². The van der Waals surface area contributed by atoms with Gasteiger partial charge in [-0.1, -0.05) is 35.9 Å². The summed E-state index contributed by atoms with van der Waals surface area (Å²) in [6.07, 6.45) is 1.95. The molecule has 0 radical (unpaired) electrons. The Morgan fingerprint density at radius 3 is 2.40 bits per heavy atom. The first-order valence-electron chi connectivity index (χ1n) is 8.05. The standard InChI is InChI=1S/C20H19NO4/c1-13-2-4-14(5-3-13)10-15-6-7-18-16(11-15)19(23)17(20(24)25)12-21(18)8-9-22/h2-7,11-12,22H,8-10H2,1H3,(H,24,25). The molecule has 1 aromatic heterocycles. The summed E-state index contributed by atoms with van der Waals surface area (Å²) in [5.74, 6) is -1.26. The predicted molar refractivity (Wildman–Crippen MR) is 96.2 cm³/mol. The molecule has 0 aliphatic heterocycles. The van der Waals surface area contributed by atoms with Gasteiger partial charge in [0.05, 0.1) is 12.1 Å². The van der Waals surface area contributed by atoms with Crippen LogP contribution in [0, 0.1) is 6.92 Å². The zero-order chi connectivity index (χ0) is 18.0. The minimum Gasteiger partial charge on any atom is -0.477 e. The fourth-order valence-corrected chi connectivity index (χ4v) is 2.94. The topological polar surface area (TPSA) is 79.5 Å². The van der Waals surface area contributed by atoms with Crippen molar-refractivity contribution in [1.82, 2.24) is 4.57 Å². The minimum absolute atomic E-state index is 0.137. The van der Waals surface area contributed by atoms with Crippen LogP contribution in [0.3, 0.4) is 0 Å². The van der Waals surface area contributed by atoms with Crippen LogP contribution >= 0.6 is 0 Å². The number of aliphatic hydroxyl groups excluding tert-OH is 1. The van der Waals surface area contributed by atoms with E-state index in [1.807, 2.05) is 43.3 Å². The van der Waals surface area contributed by atoms with Gasteiger partial charge in [-0.05, 0) is 36.6 Å². The van der Waals surface area contributed by atoms with Crippen LogP contribution in [0.5, 0.6) is 0 Å². The summed E-state index contributed by atoms with van der Waals surface area (Å²) in [6, 6.07) is 13.6. The molecule has 0 saturated heterocycles. The van der Waals surface area contributed by atoms with Gasteiger partial charge in [-0.3, -0.25) is 4.79 Å². The molecular weight excluding hydrogens is 318 g/mol. The lowest BCUT2D eigenvalue weighted by atomic mass is 10.0. The molecule has 5 heteroatoms. The van der Waals surface area contributed by atoms with Gasteiger partial charge in [0.25, 0.3) is 0 Å². The molecule has 0 aliphatic rings. The van der Waals surface area contributed by atoms with Gasteiger partial charge in [-0.25, -0.2) is 4.79 Å². The van der Waals surface area contributed by atoms with Crippen molar-refractivity contribution in [2.24, 2.45) is 0 Å². The van der Waals surface area contributed by atoms with Gasteiger partial charge < -0.3 is 14.8 Å². The summed E-state index contributed by atoms with van der Waals surface area (Å²) in [4.78, 5) is 23.9.